The molecule has 0 radical (unpaired) electrons. The van der Waals surface area contributed by atoms with Crippen LogP contribution >= 0.6 is 12.4 Å². The van der Waals surface area contributed by atoms with Gasteiger partial charge < -0.3 is 19.9 Å². The van der Waals surface area contributed by atoms with Crippen LogP contribution in [0.5, 0.6) is 0 Å². The maximum atomic E-state index is 12.8. The van der Waals surface area contributed by atoms with Crippen molar-refractivity contribution in [2.75, 3.05) is 14.2 Å². The van der Waals surface area contributed by atoms with Gasteiger partial charge >= 0.3 is 0 Å². The van der Waals surface area contributed by atoms with Gasteiger partial charge in [0.05, 0.1) is 6.54 Å². The Morgan fingerprint density at radius 3 is 2.64 bits per heavy atom. The van der Waals surface area contributed by atoms with E-state index in [1.807, 2.05) is 6.92 Å². The lowest BCUT2D eigenvalue weighted by Crippen LogP contribution is -2.49. The summed E-state index contributed by atoms with van der Waals surface area (Å²) in [4.78, 5) is 18.8. The van der Waals surface area contributed by atoms with Crippen molar-refractivity contribution in [3.63, 3.8) is 0 Å². The quantitative estimate of drug-likeness (QED) is 0.852. The van der Waals surface area contributed by atoms with Crippen LogP contribution in [0.2, 0.25) is 0 Å². The third-order valence-corrected chi connectivity index (χ3v) is 5.71. The summed E-state index contributed by atoms with van der Waals surface area (Å²) in [7, 11) is 3.40. The van der Waals surface area contributed by atoms with Crippen LogP contribution < -0.4 is 5.73 Å². The molecule has 142 valence electrons. The van der Waals surface area contributed by atoms with E-state index in [1.54, 1.807) is 19.1 Å². The first-order valence-corrected chi connectivity index (χ1v) is 8.85. The maximum Gasteiger partial charge on any atom is 0.246 e. The number of fused-ring (bicyclic) bond motifs is 2. The Labute approximate surface area is 155 Å². The number of ether oxygens (including phenoxy) is 1. The molecule has 2 N–H and O–H groups in total. The molecule has 0 aliphatic heterocycles. The molecular weight excluding hydrogens is 344 g/mol. The first kappa shape index (κ1) is 20.1. The minimum Gasteiger partial charge on any atom is -0.374 e. The molecular formula is C17H29ClN4O3. The Hall–Kier alpha value is -1.18. The molecule has 1 aromatic rings. The fourth-order valence-electron chi connectivity index (χ4n) is 4.19. The molecule has 0 saturated heterocycles. The second-order valence-corrected chi connectivity index (χ2v) is 7.32. The Balaban J connectivity index is 0.00000225. The van der Waals surface area contributed by atoms with E-state index in [1.165, 1.54) is 6.42 Å². The molecule has 2 aliphatic rings. The second-order valence-electron chi connectivity index (χ2n) is 7.32. The molecule has 2 aliphatic carbocycles. The highest BCUT2D eigenvalue weighted by Crippen LogP contribution is 2.42. The Morgan fingerprint density at radius 1 is 1.40 bits per heavy atom. The average molecular weight is 373 g/mol. The molecule has 1 aromatic heterocycles. The van der Waals surface area contributed by atoms with E-state index < -0.39 is 0 Å². The van der Waals surface area contributed by atoms with Crippen molar-refractivity contribution >= 4 is 18.3 Å². The van der Waals surface area contributed by atoms with Crippen LogP contribution in [0.4, 0.5) is 0 Å². The lowest BCUT2D eigenvalue weighted by molar-refractivity contribution is -0.138. The van der Waals surface area contributed by atoms with Gasteiger partial charge in [0.2, 0.25) is 11.8 Å². The summed E-state index contributed by atoms with van der Waals surface area (Å²) in [5.41, 5.74) is 6.32. The minimum atomic E-state index is -0.220. The molecule has 0 aromatic carbocycles. The summed E-state index contributed by atoms with van der Waals surface area (Å²) in [5, 5.41) is 3.90. The third-order valence-electron chi connectivity index (χ3n) is 5.71. The standard InChI is InChI=1S/C17H28N4O3.ClH/c1-10(23-3)16-19-14(24-20-16)9-21(2)17(22)13-7-11-5-4-6-12(8-13)15(11)18;/h10-13,15H,4-9,18H2,1-3H3;1H. The number of carbonyl (C=O) groups excluding carboxylic acids is 1. The van der Waals surface area contributed by atoms with E-state index in [0.29, 0.717) is 30.1 Å². The van der Waals surface area contributed by atoms with Gasteiger partial charge in [-0.1, -0.05) is 11.6 Å². The summed E-state index contributed by atoms with van der Waals surface area (Å²) < 4.78 is 10.4. The molecule has 2 saturated carbocycles. The maximum absolute atomic E-state index is 12.8. The summed E-state index contributed by atoms with van der Waals surface area (Å²) in [6.07, 6.45) is 5.18. The molecule has 1 amide bonds. The number of aromatic nitrogens is 2. The van der Waals surface area contributed by atoms with Crippen LogP contribution in [0, 0.1) is 17.8 Å². The van der Waals surface area contributed by atoms with E-state index in [4.69, 9.17) is 15.0 Å². The number of rotatable bonds is 5. The number of nitrogens with zero attached hydrogens (tertiary/aromatic N) is 3. The van der Waals surface area contributed by atoms with Gasteiger partial charge in [0.15, 0.2) is 5.82 Å². The van der Waals surface area contributed by atoms with Gasteiger partial charge in [-0.3, -0.25) is 4.79 Å². The largest absolute Gasteiger partial charge is 0.374 e. The molecule has 3 atom stereocenters. The van der Waals surface area contributed by atoms with E-state index in [9.17, 15) is 4.79 Å². The number of methoxy groups -OCH3 is 1. The highest BCUT2D eigenvalue weighted by atomic mass is 35.5. The summed E-state index contributed by atoms with van der Waals surface area (Å²) in [6, 6.07) is 0.280. The molecule has 2 bridgehead atoms. The fraction of sp³-hybridized carbons (Fsp3) is 0.824. The number of amides is 1. The monoisotopic (exact) mass is 372 g/mol. The van der Waals surface area contributed by atoms with Crippen molar-refractivity contribution < 1.29 is 14.1 Å². The van der Waals surface area contributed by atoms with Crippen LogP contribution in [-0.4, -0.2) is 41.1 Å². The van der Waals surface area contributed by atoms with Crippen LogP contribution in [0.1, 0.15) is 56.8 Å². The van der Waals surface area contributed by atoms with Gasteiger partial charge in [0.25, 0.3) is 0 Å². The van der Waals surface area contributed by atoms with Gasteiger partial charge in [-0.2, -0.15) is 4.98 Å². The summed E-state index contributed by atoms with van der Waals surface area (Å²) in [5.74, 6) is 2.18. The molecule has 3 rings (SSSR count). The topological polar surface area (TPSA) is 94.5 Å². The SMILES string of the molecule is COC(C)c1noc(CN(C)C(=O)C2CC3CCCC(C2)C3N)n1.Cl. The van der Waals surface area contributed by atoms with Gasteiger partial charge in [-0.25, -0.2) is 0 Å². The number of nitrogens with two attached hydrogens (primary N) is 1. The Morgan fingerprint density at radius 2 is 2.04 bits per heavy atom. The van der Waals surface area contributed by atoms with Gasteiger partial charge in [-0.15, -0.1) is 12.4 Å². The smallest absolute Gasteiger partial charge is 0.246 e. The lowest BCUT2D eigenvalue weighted by Gasteiger charge is -2.44. The van der Waals surface area contributed by atoms with E-state index >= 15 is 0 Å². The van der Waals surface area contributed by atoms with Crippen LogP contribution in [0.15, 0.2) is 4.52 Å². The number of hydrogen-bond acceptors (Lipinski definition) is 6. The van der Waals surface area contributed by atoms with Gasteiger partial charge in [0, 0.05) is 26.1 Å². The van der Waals surface area contributed by atoms with Crippen LogP contribution in [-0.2, 0) is 16.1 Å². The normalized spacial score (nSPS) is 29.6. The van der Waals surface area contributed by atoms with E-state index in [-0.39, 0.29) is 36.4 Å². The predicted octanol–water partition coefficient (Wildman–Crippen LogP) is 2.31. The zero-order valence-electron chi connectivity index (χ0n) is 15.2. The van der Waals surface area contributed by atoms with Gasteiger partial charge in [-0.05, 0) is 44.4 Å². The average Bonchev–Trinajstić information content (AvgIpc) is 3.01. The van der Waals surface area contributed by atoms with E-state index in [0.717, 1.165) is 25.7 Å². The molecule has 0 spiro atoms. The third kappa shape index (κ3) is 4.33. The molecule has 25 heavy (non-hydrogen) atoms. The lowest BCUT2D eigenvalue weighted by atomic mass is 9.65. The van der Waals surface area contributed by atoms with Crippen LogP contribution in [0.3, 0.4) is 0 Å². The van der Waals surface area contributed by atoms with Crippen molar-refractivity contribution in [2.45, 2.75) is 57.7 Å². The summed E-state index contributed by atoms with van der Waals surface area (Å²) in [6.45, 7) is 2.19. The highest BCUT2D eigenvalue weighted by molar-refractivity contribution is 5.85. The number of halogens is 1. The molecule has 8 heteroatoms. The summed E-state index contributed by atoms with van der Waals surface area (Å²) >= 11 is 0. The van der Waals surface area contributed by atoms with Crippen molar-refractivity contribution in [1.29, 1.82) is 0 Å². The molecule has 1 heterocycles. The minimum absolute atomic E-state index is 0. The Bertz CT molecular complexity index is 568. The van der Waals surface area contributed by atoms with Crippen molar-refractivity contribution in [2.24, 2.45) is 23.5 Å². The van der Waals surface area contributed by atoms with Crippen LogP contribution in [0.25, 0.3) is 0 Å². The van der Waals surface area contributed by atoms with Crippen molar-refractivity contribution in [3.8, 4) is 0 Å². The highest BCUT2D eigenvalue weighted by Gasteiger charge is 2.41. The Kier molecular flexibility index (Phi) is 6.82. The molecule has 7 nitrogen and oxygen atoms in total. The zero-order chi connectivity index (χ0) is 17.3. The molecule has 3 unspecified atom stereocenters. The predicted molar refractivity (Wildman–Crippen MR) is 95.0 cm³/mol. The second kappa shape index (κ2) is 8.47. The fourth-order valence-corrected chi connectivity index (χ4v) is 4.19. The zero-order valence-corrected chi connectivity index (χ0v) is 16.0. The number of hydrogen-bond donors (Lipinski definition) is 1. The molecule has 2 fully saturated rings. The first-order chi connectivity index (χ1) is 11.5. The van der Waals surface area contributed by atoms with Crippen molar-refractivity contribution in [3.05, 3.63) is 11.7 Å². The first-order valence-electron chi connectivity index (χ1n) is 8.85. The van der Waals surface area contributed by atoms with E-state index in [2.05, 4.69) is 10.1 Å². The van der Waals surface area contributed by atoms with Gasteiger partial charge in [0.1, 0.15) is 6.10 Å². The number of carbonyl (C=O) groups is 1. The van der Waals surface area contributed by atoms with Crippen molar-refractivity contribution in [1.82, 2.24) is 15.0 Å².